The topological polar surface area (TPSA) is 94.1 Å². The van der Waals surface area contributed by atoms with Gasteiger partial charge in [-0.2, -0.15) is 0 Å². The van der Waals surface area contributed by atoms with E-state index < -0.39 is 4.92 Å². The van der Waals surface area contributed by atoms with Gasteiger partial charge < -0.3 is 5.43 Å². The number of aromatic nitrogens is 1. The minimum atomic E-state index is -0.495. The molecule has 0 atom stereocenters. The number of pyridine rings is 1. The molecule has 0 saturated carbocycles. The Kier molecular flexibility index (Phi) is 3.62. The lowest BCUT2D eigenvalue weighted by Crippen LogP contribution is -2.12. The number of nitrogens with two attached hydrogens (primary N) is 1. The lowest BCUT2D eigenvalue weighted by atomic mass is 9.99. The summed E-state index contributed by atoms with van der Waals surface area (Å²) in [5.41, 5.74) is 3.83. The zero-order valence-electron chi connectivity index (χ0n) is 11.3. The van der Waals surface area contributed by atoms with E-state index in [1.807, 2.05) is 18.2 Å². The Hall–Kier alpha value is -2.70. The van der Waals surface area contributed by atoms with Crippen LogP contribution in [-0.4, -0.2) is 9.91 Å². The van der Waals surface area contributed by atoms with Gasteiger partial charge in [0.05, 0.1) is 16.0 Å². The smallest absolute Gasteiger partial charge is 0.303 e. The fourth-order valence-corrected chi connectivity index (χ4v) is 2.57. The Morgan fingerprint density at radius 1 is 1.18 bits per heavy atom. The Morgan fingerprint density at radius 3 is 2.55 bits per heavy atom. The van der Waals surface area contributed by atoms with Crippen molar-refractivity contribution < 1.29 is 4.92 Å². The van der Waals surface area contributed by atoms with Crippen molar-refractivity contribution in [2.45, 2.75) is 0 Å². The molecule has 3 rings (SSSR count). The minimum absolute atomic E-state index is 0.0127. The van der Waals surface area contributed by atoms with Gasteiger partial charge in [0, 0.05) is 10.4 Å². The zero-order chi connectivity index (χ0) is 15.7. The predicted molar refractivity (Wildman–Crippen MR) is 86.7 cm³/mol. The van der Waals surface area contributed by atoms with Crippen molar-refractivity contribution in [2.75, 3.05) is 5.43 Å². The molecular formula is C15H11ClN4O2. The molecule has 7 heteroatoms. The van der Waals surface area contributed by atoms with Crippen molar-refractivity contribution in [3.63, 3.8) is 0 Å². The number of anilines is 1. The number of hydrogen-bond donors (Lipinski definition) is 2. The van der Waals surface area contributed by atoms with Gasteiger partial charge in [-0.15, -0.1) is 0 Å². The molecule has 1 heterocycles. The van der Waals surface area contributed by atoms with Gasteiger partial charge in [-0.3, -0.25) is 10.1 Å². The van der Waals surface area contributed by atoms with Crippen LogP contribution in [0.4, 0.5) is 11.5 Å². The number of fused-ring (bicyclic) bond motifs is 1. The second-order valence-corrected chi connectivity index (χ2v) is 5.05. The van der Waals surface area contributed by atoms with Gasteiger partial charge in [-0.1, -0.05) is 41.9 Å². The normalized spacial score (nSPS) is 10.6. The molecule has 0 aliphatic heterocycles. The number of nitrogen functional groups attached to an aromatic ring is 1. The lowest BCUT2D eigenvalue weighted by molar-refractivity contribution is -0.383. The fourth-order valence-electron chi connectivity index (χ4n) is 2.40. The number of nitro groups is 1. The summed E-state index contributed by atoms with van der Waals surface area (Å²) in [6, 6.07) is 14.1. The van der Waals surface area contributed by atoms with Crippen LogP contribution in [0.1, 0.15) is 0 Å². The fraction of sp³-hybridized carbons (Fsp3) is 0. The molecule has 0 aliphatic carbocycles. The third kappa shape index (κ3) is 2.34. The second kappa shape index (κ2) is 5.59. The highest BCUT2D eigenvalue weighted by molar-refractivity contribution is 6.31. The van der Waals surface area contributed by atoms with E-state index in [1.165, 1.54) is 0 Å². The molecular weight excluding hydrogens is 304 g/mol. The standard InChI is InChI=1S/C15H11ClN4O2/c16-10-6-7-12-11(8-10)13(9-4-2-1-3-5-9)14(20(21)22)15(18-12)19-17/h1-8H,17H2,(H,18,19). The van der Waals surface area contributed by atoms with E-state index in [0.29, 0.717) is 27.1 Å². The van der Waals surface area contributed by atoms with Gasteiger partial charge >= 0.3 is 5.69 Å². The van der Waals surface area contributed by atoms with Crippen LogP contribution < -0.4 is 11.3 Å². The van der Waals surface area contributed by atoms with Crippen molar-refractivity contribution in [3.05, 3.63) is 63.7 Å². The van der Waals surface area contributed by atoms with Gasteiger partial charge in [0.1, 0.15) is 0 Å². The van der Waals surface area contributed by atoms with Crippen molar-refractivity contribution in [1.29, 1.82) is 0 Å². The number of hydrogen-bond acceptors (Lipinski definition) is 5. The second-order valence-electron chi connectivity index (χ2n) is 4.61. The van der Waals surface area contributed by atoms with Crippen molar-refractivity contribution in [2.24, 2.45) is 5.84 Å². The van der Waals surface area contributed by atoms with Crippen LogP contribution >= 0.6 is 11.6 Å². The molecule has 0 aliphatic rings. The molecule has 22 heavy (non-hydrogen) atoms. The van der Waals surface area contributed by atoms with E-state index in [-0.39, 0.29) is 11.5 Å². The quantitative estimate of drug-likeness (QED) is 0.436. The molecule has 110 valence electrons. The zero-order valence-corrected chi connectivity index (χ0v) is 12.0. The number of nitrogens with one attached hydrogen (secondary N) is 1. The number of halogens is 1. The van der Waals surface area contributed by atoms with Crippen molar-refractivity contribution in [1.82, 2.24) is 4.98 Å². The molecule has 3 N–H and O–H groups in total. The highest BCUT2D eigenvalue weighted by Crippen LogP contribution is 2.40. The Balaban J connectivity index is 2.50. The Morgan fingerprint density at radius 2 is 1.91 bits per heavy atom. The molecule has 0 saturated heterocycles. The summed E-state index contributed by atoms with van der Waals surface area (Å²) in [5, 5.41) is 12.6. The van der Waals surface area contributed by atoms with E-state index >= 15 is 0 Å². The molecule has 0 bridgehead atoms. The first kappa shape index (κ1) is 14.2. The average molecular weight is 315 g/mol. The van der Waals surface area contributed by atoms with E-state index in [1.54, 1.807) is 30.3 Å². The summed E-state index contributed by atoms with van der Waals surface area (Å²) < 4.78 is 0. The van der Waals surface area contributed by atoms with E-state index in [2.05, 4.69) is 10.4 Å². The van der Waals surface area contributed by atoms with Crippen LogP contribution in [0.5, 0.6) is 0 Å². The number of benzene rings is 2. The first-order chi connectivity index (χ1) is 10.6. The highest BCUT2D eigenvalue weighted by atomic mass is 35.5. The molecule has 0 radical (unpaired) electrons. The molecule has 2 aromatic carbocycles. The number of hydrazine groups is 1. The third-order valence-corrected chi connectivity index (χ3v) is 3.54. The molecule has 6 nitrogen and oxygen atoms in total. The maximum Gasteiger partial charge on any atom is 0.321 e. The molecule has 1 aromatic heterocycles. The molecule has 0 fully saturated rings. The number of rotatable bonds is 3. The van der Waals surface area contributed by atoms with E-state index in [9.17, 15) is 10.1 Å². The summed E-state index contributed by atoms with van der Waals surface area (Å²) in [6.45, 7) is 0. The molecule has 0 unspecified atom stereocenters. The average Bonchev–Trinajstić information content (AvgIpc) is 2.53. The van der Waals surface area contributed by atoms with Gasteiger partial charge in [0.25, 0.3) is 0 Å². The lowest BCUT2D eigenvalue weighted by Gasteiger charge is -2.11. The van der Waals surface area contributed by atoms with Gasteiger partial charge in [0.2, 0.25) is 5.82 Å². The van der Waals surface area contributed by atoms with Crippen molar-refractivity contribution >= 4 is 34.0 Å². The summed E-state index contributed by atoms with van der Waals surface area (Å²) in [5.74, 6) is 5.43. The Bertz CT molecular complexity index is 868. The van der Waals surface area contributed by atoms with Gasteiger partial charge in [-0.05, 0) is 23.8 Å². The summed E-state index contributed by atoms with van der Waals surface area (Å²) in [6.07, 6.45) is 0. The van der Waals surface area contributed by atoms with Crippen molar-refractivity contribution in [3.8, 4) is 11.1 Å². The maximum absolute atomic E-state index is 11.5. The summed E-state index contributed by atoms with van der Waals surface area (Å²) in [7, 11) is 0. The van der Waals surface area contributed by atoms with Gasteiger partial charge in [0.15, 0.2) is 0 Å². The van der Waals surface area contributed by atoms with Crippen LogP contribution in [-0.2, 0) is 0 Å². The van der Waals surface area contributed by atoms with E-state index in [4.69, 9.17) is 17.4 Å². The summed E-state index contributed by atoms with van der Waals surface area (Å²) >= 11 is 6.05. The van der Waals surface area contributed by atoms with Crippen LogP contribution in [0.15, 0.2) is 48.5 Å². The minimum Gasteiger partial charge on any atom is -0.303 e. The highest BCUT2D eigenvalue weighted by Gasteiger charge is 2.25. The monoisotopic (exact) mass is 314 g/mol. The number of nitrogens with zero attached hydrogens (tertiary/aromatic N) is 2. The Labute approximate surface area is 130 Å². The van der Waals surface area contributed by atoms with Crippen LogP contribution in [0.3, 0.4) is 0 Å². The van der Waals surface area contributed by atoms with Crippen LogP contribution in [0.2, 0.25) is 5.02 Å². The first-order valence-corrected chi connectivity index (χ1v) is 6.79. The SMILES string of the molecule is NNc1nc2ccc(Cl)cc2c(-c2ccccc2)c1[N+](=O)[O-]. The third-order valence-electron chi connectivity index (χ3n) is 3.30. The van der Waals surface area contributed by atoms with Crippen LogP contribution in [0, 0.1) is 10.1 Å². The predicted octanol–water partition coefficient (Wildman–Crippen LogP) is 3.75. The first-order valence-electron chi connectivity index (χ1n) is 6.41. The summed E-state index contributed by atoms with van der Waals surface area (Å²) in [4.78, 5) is 15.3. The molecule has 3 aromatic rings. The largest absolute Gasteiger partial charge is 0.321 e. The maximum atomic E-state index is 11.5. The van der Waals surface area contributed by atoms with E-state index in [0.717, 1.165) is 0 Å². The molecule has 0 spiro atoms. The van der Waals surface area contributed by atoms with Crippen LogP contribution in [0.25, 0.3) is 22.0 Å². The van der Waals surface area contributed by atoms with Gasteiger partial charge in [-0.25, -0.2) is 10.8 Å². The molecule has 0 amide bonds.